The number of nitrogens with zero attached hydrogens (tertiary/aromatic N) is 1. The molecule has 2 N–H and O–H groups in total. The van der Waals surface area contributed by atoms with Gasteiger partial charge in [-0.1, -0.05) is 54.4 Å². The zero-order valence-electron chi connectivity index (χ0n) is 15.5. The van der Waals surface area contributed by atoms with Crippen molar-refractivity contribution in [2.24, 2.45) is 29.4 Å². The lowest BCUT2D eigenvalue weighted by molar-refractivity contribution is 0.0146. The van der Waals surface area contributed by atoms with Crippen LogP contribution in [-0.2, 0) is 0 Å². The van der Waals surface area contributed by atoms with E-state index in [2.05, 4.69) is 46.4 Å². The van der Waals surface area contributed by atoms with Gasteiger partial charge in [-0.3, -0.25) is 4.90 Å². The first-order chi connectivity index (χ1) is 9.79. The molecule has 2 heteroatoms. The second-order valence-corrected chi connectivity index (χ2v) is 8.71. The summed E-state index contributed by atoms with van der Waals surface area (Å²) in [5, 5.41) is 0. The van der Waals surface area contributed by atoms with Gasteiger partial charge in [0.25, 0.3) is 0 Å². The van der Waals surface area contributed by atoms with Crippen molar-refractivity contribution in [1.29, 1.82) is 0 Å². The average molecular weight is 297 g/mol. The Hall–Kier alpha value is -0.0800. The number of rotatable bonds is 8. The monoisotopic (exact) mass is 296 g/mol. The summed E-state index contributed by atoms with van der Waals surface area (Å²) in [6.07, 6.45) is 6.77. The third-order valence-electron chi connectivity index (χ3n) is 4.95. The molecule has 0 aliphatic heterocycles. The van der Waals surface area contributed by atoms with Crippen LogP contribution in [0, 0.1) is 23.7 Å². The summed E-state index contributed by atoms with van der Waals surface area (Å²) < 4.78 is 0. The third kappa shape index (κ3) is 5.90. The molecule has 0 spiro atoms. The minimum atomic E-state index is 0.270. The fraction of sp³-hybridized carbons (Fsp3) is 1.00. The highest BCUT2D eigenvalue weighted by molar-refractivity contribution is 4.97. The Bertz CT molecular complexity index is 275. The van der Waals surface area contributed by atoms with Crippen LogP contribution in [0.4, 0.5) is 0 Å². The minimum absolute atomic E-state index is 0.270. The van der Waals surface area contributed by atoms with E-state index in [1.165, 1.54) is 45.2 Å². The molecule has 0 heterocycles. The fourth-order valence-electron chi connectivity index (χ4n) is 4.27. The van der Waals surface area contributed by atoms with Crippen LogP contribution >= 0.6 is 0 Å². The molecule has 0 aromatic rings. The second kappa shape index (κ2) is 8.53. The Morgan fingerprint density at radius 1 is 1.00 bits per heavy atom. The lowest BCUT2D eigenvalue weighted by atomic mass is 9.71. The van der Waals surface area contributed by atoms with Crippen molar-refractivity contribution in [3.63, 3.8) is 0 Å². The van der Waals surface area contributed by atoms with E-state index in [0.29, 0.717) is 0 Å². The highest BCUT2D eigenvalue weighted by Gasteiger charge is 2.40. The standard InChI is InChI=1S/C19H40N2/c1-15(2)10-18-8-7-9-19(11-18,14-20)21(12-16(3)4)13-17(5)6/h15-18H,7-14,20H2,1-6H3. The summed E-state index contributed by atoms with van der Waals surface area (Å²) in [6, 6.07) is 0. The van der Waals surface area contributed by atoms with Crippen LogP contribution in [0.2, 0.25) is 0 Å². The normalized spacial score (nSPS) is 27.3. The quantitative estimate of drug-likeness (QED) is 0.713. The van der Waals surface area contributed by atoms with Gasteiger partial charge in [0.2, 0.25) is 0 Å². The molecule has 21 heavy (non-hydrogen) atoms. The van der Waals surface area contributed by atoms with E-state index in [4.69, 9.17) is 5.73 Å². The van der Waals surface area contributed by atoms with Crippen LogP contribution < -0.4 is 5.73 Å². The first kappa shape index (κ1) is 19.0. The fourth-order valence-corrected chi connectivity index (χ4v) is 4.27. The van der Waals surface area contributed by atoms with Gasteiger partial charge in [-0.25, -0.2) is 0 Å². The lowest BCUT2D eigenvalue weighted by Gasteiger charge is -2.50. The van der Waals surface area contributed by atoms with Crippen LogP contribution in [0.25, 0.3) is 0 Å². The molecule has 2 atom stereocenters. The first-order valence-electron chi connectivity index (χ1n) is 9.24. The summed E-state index contributed by atoms with van der Waals surface area (Å²) in [5.41, 5.74) is 6.61. The van der Waals surface area contributed by atoms with E-state index in [-0.39, 0.29) is 5.54 Å². The van der Waals surface area contributed by atoms with Gasteiger partial charge < -0.3 is 5.73 Å². The molecule has 0 aromatic carbocycles. The van der Waals surface area contributed by atoms with Crippen LogP contribution in [0.5, 0.6) is 0 Å². The molecule has 1 aliphatic carbocycles. The second-order valence-electron chi connectivity index (χ2n) is 8.71. The molecule has 1 rings (SSSR count). The van der Waals surface area contributed by atoms with Gasteiger partial charge in [0.1, 0.15) is 0 Å². The zero-order valence-corrected chi connectivity index (χ0v) is 15.5. The van der Waals surface area contributed by atoms with Crippen LogP contribution in [0.15, 0.2) is 0 Å². The predicted molar refractivity (Wildman–Crippen MR) is 94.4 cm³/mol. The Morgan fingerprint density at radius 3 is 2.00 bits per heavy atom. The van der Waals surface area contributed by atoms with Crippen molar-refractivity contribution >= 4 is 0 Å². The largest absolute Gasteiger partial charge is 0.329 e. The summed E-state index contributed by atoms with van der Waals surface area (Å²) in [5.74, 6) is 3.13. The van der Waals surface area contributed by atoms with Crippen LogP contribution in [-0.4, -0.2) is 30.1 Å². The lowest BCUT2D eigenvalue weighted by Crippen LogP contribution is -2.58. The smallest absolute Gasteiger partial charge is 0.0334 e. The SMILES string of the molecule is CC(C)CC1CCCC(CN)(N(CC(C)C)CC(C)C)C1. The number of hydrogen-bond acceptors (Lipinski definition) is 2. The van der Waals surface area contributed by atoms with Gasteiger partial charge in [-0.2, -0.15) is 0 Å². The van der Waals surface area contributed by atoms with E-state index in [1.807, 2.05) is 0 Å². The van der Waals surface area contributed by atoms with E-state index >= 15 is 0 Å². The molecule has 0 saturated heterocycles. The molecular weight excluding hydrogens is 256 g/mol. The molecule has 0 radical (unpaired) electrons. The molecule has 0 amide bonds. The van der Waals surface area contributed by atoms with Crippen molar-refractivity contribution in [3.05, 3.63) is 0 Å². The van der Waals surface area contributed by atoms with Gasteiger partial charge >= 0.3 is 0 Å². The molecule has 126 valence electrons. The van der Waals surface area contributed by atoms with Crippen molar-refractivity contribution in [2.75, 3.05) is 19.6 Å². The van der Waals surface area contributed by atoms with E-state index in [0.717, 1.165) is 30.2 Å². The van der Waals surface area contributed by atoms with Crippen molar-refractivity contribution in [1.82, 2.24) is 4.90 Å². The third-order valence-corrected chi connectivity index (χ3v) is 4.95. The summed E-state index contributed by atoms with van der Waals surface area (Å²) >= 11 is 0. The van der Waals surface area contributed by atoms with Crippen molar-refractivity contribution in [2.45, 2.75) is 79.2 Å². The molecule has 1 fully saturated rings. The molecule has 1 saturated carbocycles. The van der Waals surface area contributed by atoms with Crippen molar-refractivity contribution < 1.29 is 0 Å². The number of nitrogens with two attached hydrogens (primary N) is 1. The zero-order chi connectivity index (χ0) is 16.0. The highest BCUT2D eigenvalue weighted by Crippen LogP contribution is 2.39. The Morgan fingerprint density at radius 2 is 1.57 bits per heavy atom. The Labute approximate surface area is 133 Å². The predicted octanol–water partition coefficient (Wildman–Crippen LogP) is 4.53. The molecule has 2 unspecified atom stereocenters. The number of hydrogen-bond donors (Lipinski definition) is 1. The maximum atomic E-state index is 6.34. The molecule has 0 bridgehead atoms. The van der Waals surface area contributed by atoms with Crippen LogP contribution in [0.1, 0.15) is 73.6 Å². The Kier molecular flexibility index (Phi) is 7.70. The molecule has 1 aliphatic rings. The molecular formula is C19H40N2. The van der Waals surface area contributed by atoms with Gasteiger partial charge in [-0.15, -0.1) is 0 Å². The maximum Gasteiger partial charge on any atom is 0.0334 e. The molecule has 0 aromatic heterocycles. The van der Waals surface area contributed by atoms with E-state index in [1.54, 1.807) is 0 Å². The maximum absolute atomic E-state index is 6.34. The first-order valence-corrected chi connectivity index (χ1v) is 9.24. The Balaban J connectivity index is 2.86. The minimum Gasteiger partial charge on any atom is -0.329 e. The van der Waals surface area contributed by atoms with E-state index in [9.17, 15) is 0 Å². The van der Waals surface area contributed by atoms with Gasteiger partial charge in [0.15, 0.2) is 0 Å². The van der Waals surface area contributed by atoms with Gasteiger partial charge in [-0.05, 0) is 42.9 Å². The van der Waals surface area contributed by atoms with Crippen molar-refractivity contribution in [3.8, 4) is 0 Å². The van der Waals surface area contributed by atoms with Crippen LogP contribution in [0.3, 0.4) is 0 Å². The average Bonchev–Trinajstić information content (AvgIpc) is 2.36. The topological polar surface area (TPSA) is 29.3 Å². The summed E-state index contributed by atoms with van der Waals surface area (Å²) in [7, 11) is 0. The van der Waals surface area contributed by atoms with E-state index < -0.39 is 0 Å². The molecule has 2 nitrogen and oxygen atoms in total. The summed E-state index contributed by atoms with van der Waals surface area (Å²) in [4.78, 5) is 2.76. The van der Waals surface area contributed by atoms with Gasteiger partial charge in [0, 0.05) is 25.2 Å². The van der Waals surface area contributed by atoms with Gasteiger partial charge in [0.05, 0.1) is 0 Å². The summed E-state index contributed by atoms with van der Waals surface area (Å²) in [6.45, 7) is 17.3. The highest BCUT2D eigenvalue weighted by atomic mass is 15.2.